The fourth-order valence-corrected chi connectivity index (χ4v) is 2.67. The number of carbonyl (C=O) groups is 1. The molecule has 3 rings (SSSR count). The number of hydrogen-bond acceptors (Lipinski definition) is 4. The van der Waals surface area contributed by atoms with E-state index in [-0.39, 0.29) is 18.1 Å². The molecule has 1 aromatic rings. The lowest BCUT2D eigenvalue weighted by Crippen LogP contribution is -2.27. The summed E-state index contributed by atoms with van der Waals surface area (Å²) in [5.74, 6) is 0.894. The number of rotatable bonds is 4. The fourth-order valence-electron chi connectivity index (χ4n) is 2.67. The number of nitrogens with two attached hydrogens (primary N) is 1. The molecule has 0 bridgehead atoms. The van der Waals surface area contributed by atoms with Crippen LogP contribution in [0, 0.1) is 0 Å². The van der Waals surface area contributed by atoms with Crippen molar-refractivity contribution in [1.82, 2.24) is 0 Å². The number of benzene rings is 1. The molecule has 1 aromatic carbocycles. The standard InChI is InChI=1S/C15H20N2O3/c16-11-8-15(18)17(9-11)12-3-5-13(6-4-12)20-10-14-2-1-7-19-14/h3-6,11,14H,1-2,7-10,16H2. The Morgan fingerprint density at radius 3 is 2.75 bits per heavy atom. The van der Waals surface area contributed by atoms with Crippen molar-refractivity contribution in [1.29, 1.82) is 0 Å². The minimum atomic E-state index is -0.0575. The maximum Gasteiger partial charge on any atom is 0.228 e. The van der Waals surface area contributed by atoms with Crippen LogP contribution in [0.4, 0.5) is 5.69 Å². The summed E-state index contributed by atoms with van der Waals surface area (Å²) in [4.78, 5) is 13.5. The van der Waals surface area contributed by atoms with Gasteiger partial charge in [-0.15, -0.1) is 0 Å². The number of nitrogens with zero attached hydrogens (tertiary/aromatic N) is 1. The van der Waals surface area contributed by atoms with Gasteiger partial charge in [0.25, 0.3) is 0 Å². The van der Waals surface area contributed by atoms with Crippen LogP contribution in [0.25, 0.3) is 0 Å². The third kappa shape index (κ3) is 2.94. The highest BCUT2D eigenvalue weighted by molar-refractivity contribution is 5.96. The molecule has 20 heavy (non-hydrogen) atoms. The Bertz CT molecular complexity index is 469. The Balaban J connectivity index is 1.58. The minimum Gasteiger partial charge on any atom is -0.491 e. The van der Waals surface area contributed by atoms with Crippen molar-refractivity contribution >= 4 is 11.6 Å². The number of hydrogen-bond donors (Lipinski definition) is 1. The monoisotopic (exact) mass is 276 g/mol. The molecule has 2 saturated heterocycles. The van der Waals surface area contributed by atoms with Gasteiger partial charge in [0.05, 0.1) is 6.10 Å². The third-order valence-electron chi connectivity index (χ3n) is 3.76. The van der Waals surface area contributed by atoms with E-state index in [4.69, 9.17) is 15.2 Å². The molecule has 2 unspecified atom stereocenters. The van der Waals surface area contributed by atoms with Crippen molar-refractivity contribution in [3.8, 4) is 5.75 Å². The highest BCUT2D eigenvalue weighted by Gasteiger charge is 2.27. The molecule has 0 radical (unpaired) electrons. The number of anilines is 1. The van der Waals surface area contributed by atoms with Crippen LogP contribution in [-0.2, 0) is 9.53 Å². The predicted molar refractivity (Wildman–Crippen MR) is 75.9 cm³/mol. The molecule has 2 N–H and O–H groups in total. The Kier molecular flexibility index (Phi) is 3.89. The van der Waals surface area contributed by atoms with Gasteiger partial charge in [-0.05, 0) is 37.1 Å². The zero-order valence-electron chi connectivity index (χ0n) is 11.5. The van der Waals surface area contributed by atoms with Crippen LogP contribution in [0.5, 0.6) is 5.75 Å². The first-order valence-corrected chi connectivity index (χ1v) is 7.13. The van der Waals surface area contributed by atoms with E-state index in [0.29, 0.717) is 19.6 Å². The van der Waals surface area contributed by atoms with Gasteiger partial charge in [0.2, 0.25) is 5.91 Å². The van der Waals surface area contributed by atoms with Crippen LogP contribution in [-0.4, -0.2) is 37.8 Å². The van der Waals surface area contributed by atoms with Crippen molar-refractivity contribution in [2.24, 2.45) is 5.73 Å². The van der Waals surface area contributed by atoms with E-state index in [1.165, 1.54) is 0 Å². The number of amides is 1. The number of carbonyl (C=O) groups excluding carboxylic acids is 1. The molecule has 0 spiro atoms. The molecule has 2 atom stereocenters. The molecule has 2 heterocycles. The molecular formula is C15H20N2O3. The first kappa shape index (κ1) is 13.4. The molecule has 2 fully saturated rings. The SMILES string of the molecule is NC1CC(=O)N(c2ccc(OCC3CCCO3)cc2)C1. The zero-order chi connectivity index (χ0) is 13.9. The Morgan fingerprint density at radius 1 is 1.35 bits per heavy atom. The van der Waals surface area contributed by atoms with E-state index >= 15 is 0 Å². The zero-order valence-corrected chi connectivity index (χ0v) is 11.5. The quantitative estimate of drug-likeness (QED) is 0.900. The molecule has 5 heteroatoms. The van der Waals surface area contributed by atoms with Gasteiger partial charge >= 0.3 is 0 Å². The van der Waals surface area contributed by atoms with Gasteiger partial charge in [-0.2, -0.15) is 0 Å². The molecule has 2 aliphatic rings. The normalized spacial score (nSPS) is 26.2. The summed E-state index contributed by atoms with van der Waals surface area (Å²) in [6, 6.07) is 7.53. The molecule has 0 saturated carbocycles. The van der Waals surface area contributed by atoms with Crippen LogP contribution in [0.3, 0.4) is 0 Å². The van der Waals surface area contributed by atoms with Crippen LogP contribution in [0.1, 0.15) is 19.3 Å². The molecule has 1 amide bonds. The highest BCUT2D eigenvalue weighted by Crippen LogP contribution is 2.24. The van der Waals surface area contributed by atoms with Crippen molar-refractivity contribution < 1.29 is 14.3 Å². The molecular weight excluding hydrogens is 256 g/mol. The first-order valence-electron chi connectivity index (χ1n) is 7.13. The minimum absolute atomic E-state index is 0.0575. The van der Waals surface area contributed by atoms with Crippen LogP contribution in [0.2, 0.25) is 0 Å². The summed E-state index contributed by atoms with van der Waals surface area (Å²) < 4.78 is 11.2. The van der Waals surface area contributed by atoms with Crippen molar-refractivity contribution in [2.75, 3.05) is 24.7 Å². The van der Waals surface area contributed by atoms with E-state index in [0.717, 1.165) is 30.9 Å². The molecule has 2 aliphatic heterocycles. The van der Waals surface area contributed by atoms with Gasteiger partial charge < -0.3 is 20.1 Å². The second kappa shape index (κ2) is 5.81. The molecule has 0 aromatic heterocycles. The summed E-state index contributed by atoms with van der Waals surface area (Å²) in [5, 5.41) is 0. The summed E-state index contributed by atoms with van der Waals surface area (Å²) in [7, 11) is 0. The number of ether oxygens (including phenoxy) is 2. The van der Waals surface area contributed by atoms with Crippen molar-refractivity contribution in [3.05, 3.63) is 24.3 Å². The Hall–Kier alpha value is -1.59. The lowest BCUT2D eigenvalue weighted by Gasteiger charge is -2.17. The lowest BCUT2D eigenvalue weighted by molar-refractivity contribution is -0.117. The van der Waals surface area contributed by atoms with Gasteiger partial charge in [0.15, 0.2) is 0 Å². The maximum absolute atomic E-state index is 11.8. The van der Waals surface area contributed by atoms with Crippen LogP contribution in [0.15, 0.2) is 24.3 Å². The third-order valence-corrected chi connectivity index (χ3v) is 3.76. The second-order valence-corrected chi connectivity index (χ2v) is 5.41. The van der Waals surface area contributed by atoms with E-state index in [1.807, 2.05) is 24.3 Å². The van der Waals surface area contributed by atoms with Gasteiger partial charge in [0.1, 0.15) is 12.4 Å². The Labute approximate surface area is 118 Å². The average molecular weight is 276 g/mol. The van der Waals surface area contributed by atoms with Gasteiger partial charge in [-0.3, -0.25) is 4.79 Å². The van der Waals surface area contributed by atoms with Crippen molar-refractivity contribution in [2.45, 2.75) is 31.4 Å². The van der Waals surface area contributed by atoms with Gasteiger partial charge in [0, 0.05) is 31.3 Å². The first-order chi connectivity index (χ1) is 9.72. The molecule has 5 nitrogen and oxygen atoms in total. The van der Waals surface area contributed by atoms with Crippen LogP contribution >= 0.6 is 0 Å². The maximum atomic E-state index is 11.8. The topological polar surface area (TPSA) is 64.8 Å². The van der Waals surface area contributed by atoms with E-state index in [9.17, 15) is 4.79 Å². The van der Waals surface area contributed by atoms with E-state index in [2.05, 4.69) is 0 Å². The van der Waals surface area contributed by atoms with E-state index in [1.54, 1.807) is 4.90 Å². The van der Waals surface area contributed by atoms with E-state index < -0.39 is 0 Å². The molecule has 108 valence electrons. The summed E-state index contributed by atoms with van der Waals surface area (Å²) in [5.41, 5.74) is 6.68. The van der Waals surface area contributed by atoms with Gasteiger partial charge in [-0.25, -0.2) is 0 Å². The largest absolute Gasteiger partial charge is 0.491 e. The summed E-state index contributed by atoms with van der Waals surface area (Å²) >= 11 is 0. The second-order valence-electron chi connectivity index (χ2n) is 5.41. The summed E-state index contributed by atoms with van der Waals surface area (Å²) in [6.07, 6.45) is 2.83. The smallest absolute Gasteiger partial charge is 0.228 e. The fraction of sp³-hybridized carbons (Fsp3) is 0.533. The lowest BCUT2D eigenvalue weighted by atomic mass is 10.2. The van der Waals surface area contributed by atoms with Crippen molar-refractivity contribution in [3.63, 3.8) is 0 Å². The Morgan fingerprint density at radius 2 is 2.15 bits per heavy atom. The van der Waals surface area contributed by atoms with Crippen LogP contribution < -0.4 is 15.4 Å². The highest BCUT2D eigenvalue weighted by atomic mass is 16.5. The predicted octanol–water partition coefficient (Wildman–Crippen LogP) is 1.31. The summed E-state index contributed by atoms with van der Waals surface area (Å²) in [6.45, 7) is 2.02. The van der Waals surface area contributed by atoms with Gasteiger partial charge in [-0.1, -0.05) is 0 Å². The average Bonchev–Trinajstić information content (AvgIpc) is 3.07. The molecule has 0 aliphatic carbocycles.